The number of anilines is 1. The van der Waals surface area contributed by atoms with E-state index in [2.05, 4.69) is 42.3 Å². The minimum atomic E-state index is 0.293. The number of likely N-dealkylation sites (N-methyl/N-ethyl adjacent to an activating group) is 1. The first kappa shape index (κ1) is 11.4. The van der Waals surface area contributed by atoms with Crippen LogP contribution in [0.3, 0.4) is 0 Å². The smallest absolute Gasteiger partial charge is 0.102 e. The number of rotatable bonds is 3. The molecule has 0 unspecified atom stereocenters. The molecule has 0 atom stereocenters. The van der Waals surface area contributed by atoms with Crippen LogP contribution in [0.4, 0.5) is 5.69 Å². The first-order chi connectivity index (χ1) is 7.73. The summed E-state index contributed by atoms with van der Waals surface area (Å²) in [5.74, 6) is 0. The molecule has 1 N–H and O–H groups in total. The van der Waals surface area contributed by atoms with E-state index in [1.54, 1.807) is 0 Å². The fraction of sp³-hybridized carbons (Fsp3) is 0.538. The average Bonchev–Trinajstić information content (AvgIpc) is 2.31. The van der Waals surface area contributed by atoms with E-state index < -0.39 is 0 Å². The second-order valence-electron chi connectivity index (χ2n) is 4.84. The number of aliphatic hydroxyl groups is 1. The van der Waals surface area contributed by atoms with Gasteiger partial charge in [0.2, 0.25) is 0 Å². The Balaban J connectivity index is 1.95. The highest BCUT2D eigenvalue weighted by Gasteiger charge is 2.27. The average molecular weight is 221 g/mol. The maximum Gasteiger partial charge on any atom is 0.102 e. The molecule has 1 heterocycles. The van der Waals surface area contributed by atoms with E-state index in [0.717, 1.165) is 37.2 Å². The van der Waals surface area contributed by atoms with Crippen molar-refractivity contribution in [2.45, 2.75) is 0 Å². The standard InChI is InChI=1S/C13H21N2O/c1-15(11-12-16)9-7-14(8-10-15)13-5-3-2-4-6-13/h2-6,16H,7-12H2,1H3/q+1. The fourth-order valence-corrected chi connectivity index (χ4v) is 2.31. The Morgan fingerprint density at radius 1 is 1.19 bits per heavy atom. The molecule has 0 saturated carbocycles. The molecule has 1 aliphatic rings. The highest BCUT2D eigenvalue weighted by molar-refractivity contribution is 5.46. The lowest BCUT2D eigenvalue weighted by molar-refractivity contribution is -0.910. The highest BCUT2D eigenvalue weighted by Crippen LogP contribution is 2.17. The van der Waals surface area contributed by atoms with Gasteiger partial charge in [-0.2, -0.15) is 0 Å². The second kappa shape index (κ2) is 4.85. The van der Waals surface area contributed by atoms with Crippen LogP contribution in [0, 0.1) is 0 Å². The van der Waals surface area contributed by atoms with E-state index in [1.807, 2.05) is 0 Å². The van der Waals surface area contributed by atoms with E-state index >= 15 is 0 Å². The van der Waals surface area contributed by atoms with E-state index in [4.69, 9.17) is 5.11 Å². The number of hydrogen-bond acceptors (Lipinski definition) is 2. The summed E-state index contributed by atoms with van der Waals surface area (Å²) in [6, 6.07) is 10.6. The molecule has 0 radical (unpaired) electrons. The normalized spacial score (nSPS) is 19.8. The topological polar surface area (TPSA) is 23.5 Å². The highest BCUT2D eigenvalue weighted by atomic mass is 16.3. The Kier molecular flexibility index (Phi) is 3.46. The molecule has 88 valence electrons. The maximum atomic E-state index is 9.04. The third-order valence-electron chi connectivity index (χ3n) is 3.58. The zero-order valence-electron chi connectivity index (χ0n) is 9.97. The van der Waals surface area contributed by atoms with Gasteiger partial charge >= 0.3 is 0 Å². The van der Waals surface area contributed by atoms with Crippen LogP contribution >= 0.6 is 0 Å². The van der Waals surface area contributed by atoms with Gasteiger partial charge in [0, 0.05) is 5.69 Å². The van der Waals surface area contributed by atoms with Crippen molar-refractivity contribution in [3.05, 3.63) is 30.3 Å². The van der Waals surface area contributed by atoms with E-state index in [-0.39, 0.29) is 0 Å². The van der Waals surface area contributed by atoms with Gasteiger partial charge in [-0.15, -0.1) is 0 Å². The number of hydrogen-bond donors (Lipinski definition) is 1. The molecule has 1 aliphatic heterocycles. The minimum Gasteiger partial charge on any atom is -0.391 e. The number of aliphatic hydroxyl groups excluding tert-OH is 1. The Morgan fingerprint density at radius 3 is 2.38 bits per heavy atom. The number of nitrogens with zero attached hydrogens (tertiary/aromatic N) is 2. The Hall–Kier alpha value is -1.06. The molecule has 0 aliphatic carbocycles. The lowest BCUT2D eigenvalue weighted by atomic mass is 10.2. The van der Waals surface area contributed by atoms with Gasteiger partial charge in [0.05, 0.1) is 39.8 Å². The third-order valence-corrected chi connectivity index (χ3v) is 3.58. The summed E-state index contributed by atoms with van der Waals surface area (Å²) in [6.07, 6.45) is 0. The van der Waals surface area contributed by atoms with Crippen molar-refractivity contribution in [1.29, 1.82) is 0 Å². The quantitative estimate of drug-likeness (QED) is 0.768. The first-order valence-corrected chi connectivity index (χ1v) is 5.98. The molecular weight excluding hydrogens is 200 g/mol. The minimum absolute atomic E-state index is 0.293. The third kappa shape index (κ3) is 2.54. The first-order valence-electron chi connectivity index (χ1n) is 5.98. The zero-order chi connectivity index (χ0) is 11.4. The molecule has 0 amide bonds. The van der Waals surface area contributed by atoms with Gasteiger partial charge in [-0.3, -0.25) is 0 Å². The van der Waals surface area contributed by atoms with Crippen LogP contribution in [0.25, 0.3) is 0 Å². The van der Waals surface area contributed by atoms with Crippen LogP contribution in [0.1, 0.15) is 0 Å². The molecule has 16 heavy (non-hydrogen) atoms. The van der Waals surface area contributed by atoms with Crippen LogP contribution in [0.2, 0.25) is 0 Å². The summed E-state index contributed by atoms with van der Waals surface area (Å²) in [4.78, 5) is 2.43. The van der Waals surface area contributed by atoms with E-state index in [1.165, 1.54) is 5.69 Å². The SMILES string of the molecule is C[N+]1(CCO)CCN(c2ccccc2)CC1. The van der Waals surface area contributed by atoms with Gasteiger partial charge in [0.25, 0.3) is 0 Å². The van der Waals surface area contributed by atoms with Crippen LogP contribution in [0.5, 0.6) is 0 Å². The number of para-hydroxylation sites is 1. The molecule has 0 bridgehead atoms. The van der Waals surface area contributed by atoms with Crippen molar-refractivity contribution in [2.75, 3.05) is 51.3 Å². The predicted molar refractivity (Wildman–Crippen MR) is 66.5 cm³/mol. The van der Waals surface area contributed by atoms with Gasteiger partial charge in [0.15, 0.2) is 0 Å². The maximum absolute atomic E-state index is 9.04. The molecule has 1 fully saturated rings. The van der Waals surface area contributed by atoms with Crippen LogP contribution in [0.15, 0.2) is 30.3 Å². The summed E-state index contributed by atoms with van der Waals surface area (Å²) in [6.45, 7) is 5.58. The van der Waals surface area contributed by atoms with Crippen LogP contribution < -0.4 is 4.90 Å². The van der Waals surface area contributed by atoms with E-state index in [0.29, 0.717) is 6.61 Å². The second-order valence-corrected chi connectivity index (χ2v) is 4.84. The van der Waals surface area contributed by atoms with Crippen molar-refractivity contribution in [3.8, 4) is 0 Å². The van der Waals surface area contributed by atoms with Crippen molar-refractivity contribution in [2.24, 2.45) is 0 Å². The number of piperazine rings is 1. The molecule has 0 spiro atoms. The monoisotopic (exact) mass is 221 g/mol. The summed E-state index contributed by atoms with van der Waals surface area (Å²) < 4.78 is 1.000. The molecule has 1 saturated heterocycles. The largest absolute Gasteiger partial charge is 0.391 e. The Morgan fingerprint density at radius 2 is 1.81 bits per heavy atom. The Labute approximate surface area is 97.5 Å². The molecule has 1 aromatic rings. The van der Waals surface area contributed by atoms with Gasteiger partial charge < -0.3 is 14.5 Å². The summed E-state index contributed by atoms with van der Waals surface area (Å²) in [7, 11) is 2.23. The number of quaternary nitrogens is 1. The van der Waals surface area contributed by atoms with E-state index in [9.17, 15) is 0 Å². The van der Waals surface area contributed by atoms with Crippen LogP contribution in [-0.4, -0.2) is 56.0 Å². The van der Waals surface area contributed by atoms with Crippen LogP contribution in [-0.2, 0) is 0 Å². The molecule has 1 aromatic carbocycles. The zero-order valence-corrected chi connectivity index (χ0v) is 9.97. The van der Waals surface area contributed by atoms with Gasteiger partial charge in [-0.1, -0.05) is 18.2 Å². The van der Waals surface area contributed by atoms with Crippen molar-refractivity contribution < 1.29 is 9.59 Å². The van der Waals surface area contributed by atoms with Gasteiger partial charge in [-0.05, 0) is 12.1 Å². The molecule has 3 nitrogen and oxygen atoms in total. The lowest BCUT2D eigenvalue weighted by Crippen LogP contribution is -2.58. The summed E-state index contributed by atoms with van der Waals surface area (Å²) in [5.41, 5.74) is 1.32. The summed E-state index contributed by atoms with van der Waals surface area (Å²) in [5, 5.41) is 9.04. The van der Waals surface area contributed by atoms with Crippen molar-refractivity contribution in [1.82, 2.24) is 0 Å². The van der Waals surface area contributed by atoms with Crippen molar-refractivity contribution in [3.63, 3.8) is 0 Å². The number of benzene rings is 1. The van der Waals surface area contributed by atoms with Gasteiger partial charge in [-0.25, -0.2) is 0 Å². The fourth-order valence-electron chi connectivity index (χ4n) is 2.31. The molecule has 3 heteroatoms. The summed E-state index contributed by atoms with van der Waals surface area (Å²) >= 11 is 0. The predicted octanol–water partition coefficient (Wildman–Crippen LogP) is 0.945. The van der Waals surface area contributed by atoms with Crippen molar-refractivity contribution >= 4 is 5.69 Å². The molecule has 2 rings (SSSR count). The molecule has 0 aromatic heterocycles. The van der Waals surface area contributed by atoms with Gasteiger partial charge in [0.1, 0.15) is 6.54 Å². The molecular formula is C13H21N2O+. The Bertz CT molecular complexity index is 318. The lowest BCUT2D eigenvalue weighted by Gasteiger charge is -2.42.